The third-order valence-electron chi connectivity index (χ3n) is 3.37. The van der Waals surface area contributed by atoms with Crippen molar-refractivity contribution < 1.29 is 24.5 Å². The Morgan fingerprint density at radius 2 is 1.95 bits per heavy atom. The van der Waals surface area contributed by atoms with Crippen molar-refractivity contribution in [1.29, 1.82) is 0 Å². The maximum absolute atomic E-state index is 10.7. The summed E-state index contributed by atoms with van der Waals surface area (Å²) < 4.78 is 11.9. The molecule has 0 aromatic heterocycles. The van der Waals surface area contributed by atoms with Crippen molar-refractivity contribution in [3.05, 3.63) is 22.2 Å². The molecule has 1 aliphatic rings. The topological polar surface area (TPSA) is 76.0 Å². The lowest BCUT2D eigenvalue weighted by molar-refractivity contribution is -0.138. The molecule has 0 radical (unpaired) electrons. The molecular weight excluding hydrogens is 340 g/mol. The van der Waals surface area contributed by atoms with Gasteiger partial charge in [-0.25, -0.2) is 0 Å². The fourth-order valence-electron chi connectivity index (χ4n) is 2.34. The molecule has 0 amide bonds. The molecule has 0 aliphatic carbocycles. The van der Waals surface area contributed by atoms with Gasteiger partial charge in [0.25, 0.3) is 0 Å². The number of fused-ring (bicyclic) bond motifs is 1. The van der Waals surface area contributed by atoms with Crippen molar-refractivity contribution in [2.75, 3.05) is 13.2 Å². The maximum atomic E-state index is 10.7. The Morgan fingerprint density at radius 3 is 2.57 bits per heavy atom. The zero-order valence-electron chi connectivity index (χ0n) is 11.8. The Kier molecular flexibility index (Phi) is 5.47. The van der Waals surface area contributed by atoms with Gasteiger partial charge in [0.15, 0.2) is 11.5 Å². The first kappa shape index (κ1) is 16.1. The van der Waals surface area contributed by atoms with Crippen molar-refractivity contribution in [3.63, 3.8) is 0 Å². The number of ether oxygens (including phenoxy) is 2. The van der Waals surface area contributed by atoms with E-state index in [0.717, 1.165) is 10.9 Å². The van der Waals surface area contributed by atoms with Gasteiger partial charge in [-0.15, -0.1) is 0 Å². The minimum Gasteiger partial charge on any atom is -0.490 e. The molecule has 1 heterocycles. The maximum Gasteiger partial charge on any atom is 0.303 e. The van der Waals surface area contributed by atoms with Gasteiger partial charge in [-0.2, -0.15) is 0 Å². The Hall–Kier alpha value is -1.27. The highest BCUT2D eigenvalue weighted by molar-refractivity contribution is 9.10. The molecule has 2 N–H and O–H groups in total. The van der Waals surface area contributed by atoms with E-state index in [1.807, 2.05) is 6.92 Å². The van der Waals surface area contributed by atoms with Crippen molar-refractivity contribution in [2.45, 2.75) is 32.3 Å². The molecule has 5 nitrogen and oxygen atoms in total. The van der Waals surface area contributed by atoms with E-state index in [0.29, 0.717) is 36.7 Å². The van der Waals surface area contributed by atoms with Crippen LogP contribution in [0.1, 0.15) is 37.9 Å². The number of aliphatic hydroxyl groups is 1. The third kappa shape index (κ3) is 4.35. The molecule has 0 fully saturated rings. The molecule has 0 spiro atoms. The van der Waals surface area contributed by atoms with Gasteiger partial charge in [0.1, 0.15) is 0 Å². The fraction of sp³-hybridized carbons (Fsp3) is 0.533. The first-order valence-corrected chi connectivity index (χ1v) is 7.75. The average molecular weight is 359 g/mol. The summed E-state index contributed by atoms with van der Waals surface area (Å²) in [6, 6.07) is 3.56. The van der Waals surface area contributed by atoms with E-state index in [1.54, 1.807) is 12.1 Å². The second-order valence-corrected chi connectivity index (χ2v) is 6.18. The van der Waals surface area contributed by atoms with Gasteiger partial charge in [-0.05, 0) is 30.0 Å². The second-order valence-electron chi connectivity index (χ2n) is 5.33. The van der Waals surface area contributed by atoms with Crippen LogP contribution in [0.25, 0.3) is 0 Å². The van der Waals surface area contributed by atoms with Crippen LogP contribution in [0.5, 0.6) is 11.5 Å². The van der Waals surface area contributed by atoms with Gasteiger partial charge in [-0.3, -0.25) is 4.79 Å². The number of halogens is 1. The number of aliphatic hydroxyl groups excluding tert-OH is 1. The quantitative estimate of drug-likeness (QED) is 0.845. The number of carboxylic acids is 1. The Morgan fingerprint density at radius 1 is 1.33 bits per heavy atom. The fourth-order valence-corrected chi connectivity index (χ4v) is 2.93. The van der Waals surface area contributed by atoms with E-state index in [9.17, 15) is 9.90 Å². The molecule has 21 heavy (non-hydrogen) atoms. The van der Waals surface area contributed by atoms with E-state index in [1.165, 1.54) is 0 Å². The van der Waals surface area contributed by atoms with E-state index in [4.69, 9.17) is 14.6 Å². The molecule has 0 saturated heterocycles. The molecule has 6 heteroatoms. The van der Waals surface area contributed by atoms with E-state index in [2.05, 4.69) is 15.9 Å². The lowest BCUT2D eigenvalue weighted by Gasteiger charge is -2.18. The number of carbonyl (C=O) groups is 1. The summed E-state index contributed by atoms with van der Waals surface area (Å²) in [5, 5.41) is 19.1. The molecule has 2 unspecified atom stereocenters. The minimum atomic E-state index is -0.854. The summed E-state index contributed by atoms with van der Waals surface area (Å²) >= 11 is 3.43. The van der Waals surface area contributed by atoms with Crippen LogP contribution in [0.4, 0.5) is 0 Å². The minimum absolute atomic E-state index is 0.0409. The normalized spacial score (nSPS) is 16.9. The van der Waals surface area contributed by atoms with Crippen LogP contribution in [-0.2, 0) is 4.79 Å². The second kappa shape index (κ2) is 7.13. The van der Waals surface area contributed by atoms with Crippen LogP contribution in [0.2, 0.25) is 0 Å². The monoisotopic (exact) mass is 358 g/mol. The van der Waals surface area contributed by atoms with Gasteiger partial charge in [0.2, 0.25) is 0 Å². The molecule has 2 atom stereocenters. The first-order chi connectivity index (χ1) is 9.97. The molecule has 116 valence electrons. The predicted octanol–water partition coefficient (Wildman–Crippen LogP) is 3.14. The SMILES string of the molecule is CC(CC(=O)O)CC(O)c1cc2c(cc1Br)OCCCO2. The highest BCUT2D eigenvalue weighted by Gasteiger charge is 2.21. The smallest absolute Gasteiger partial charge is 0.303 e. The summed E-state index contributed by atoms with van der Waals surface area (Å²) in [5.74, 6) is 0.317. The van der Waals surface area contributed by atoms with Crippen molar-refractivity contribution >= 4 is 21.9 Å². The third-order valence-corrected chi connectivity index (χ3v) is 4.06. The van der Waals surface area contributed by atoms with Gasteiger partial charge in [0, 0.05) is 17.3 Å². The Balaban J connectivity index is 2.15. The van der Waals surface area contributed by atoms with Crippen LogP contribution in [0.3, 0.4) is 0 Å². The Bertz CT molecular complexity index is 517. The van der Waals surface area contributed by atoms with Crippen LogP contribution < -0.4 is 9.47 Å². The summed E-state index contributed by atoms with van der Waals surface area (Å²) in [6.07, 6.45) is 0.495. The number of benzene rings is 1. The van der Waals surface area contributed by atoms with Gasteiger partial charge < -0.3 is 19.7 Å². The summed E-state index contributed by atoms with van der Waals surface area (Å²) in [7, 11) is 0. The zero-order chi connectivity index (χ0) is 15.4. The highest BCUT2D eigenvalue weighted by Crippen LogP contribution is 2.39. The molecule has 1 aromatic carbocycles. The summed E-state index contributed by atoms with van der Waals surface area (Å²) in [6.45, 7) is 3.00. The molecule has 1 aromatic rings. The average Bonchev–Trinajstić information content (AvgIpc) is 2.61. The van der Waals surface area contributed by atoms with Gasteiger partial charge in [-0.1, -0.05) is 22.9 Å². The molecular formula is C15H19BrO5. The summed E-state index contributed by atoms with van der Waals surface area (Å²) in [5.41, 5.74) is 0.691. The molecule has 2 rings (SSSR count). The van der Waals surface area contributed by atoms with Crippen molar-refractivity contribution in [2.24, 2.45) is 5.92 Å². The molecule has 0 saturated carbocycles. The Labute approximate surface area is 132 Å². The molecule has 1 aliphatic heterocycles. The van der Waals surface area contributed by atoms with Crippen LogP contribution in [0.15, 0.2) is 16.6 Å². The van der Waals surface area contributed by atoms with Crippen molar-refractivity contribution in [1.82, 2.24) is 0 Å². The van der Waals surface area contributed by atoms with Gasteiger partial charge >= 0.3 is 5.97 Å². The first-order valence-electron chi connectivity index (χ1n) is 6.96. The van der Waals surface area contributed by atoms with Gasteiger partial charge in [0.05, 0.1) is 19.3 Å². The van der Waals surface area contributed by atoms with Crippen LogP contribution in [-0.4, -0.2) is 29.4 Å². The predicted molar refractivity (Wildman–Crippen MR) is 80.7 cm³/mol. The number of hydrogen-bond acceptors (Lipinski definition) is 4. The van der Waals surface area contributed by atoms with E-state index in [-0.39, 0.29) is 12.3 Å². The highest BCUT2D eigenvalue weighted by atomic mass is 79.9. The number of hydrogen-bond donors (Lipinski definition) is 2. The van der Waals surface area contributed by atoms with E-state index < -0.39 is 12.1 Å². The zero-order valence-corrected chi connectivity index (χ0v) is 13.4. The lowest BCUT2D eigenvalue weighted by atomic mass is 9.95. The van der Waals surface area contributed by atoms with Crippen LogP contribution >= 0.6 is 15.9 Å². The standard InChI is InChI=1S/C15H19BrO5/c1-9(6-15(18)19)5-12(17)10-7-13-14(8-11(10)16)21-4-2-3-20-13/h7-9,12,17H,2-6H2,1H3,(H,18,19). The van der Waals surface area contributed by atoms with E-state index >= 15 is 0 Å². The van der Waals surface area contributed by atoms with Crippen LogP contribution in [0, 0.1) is 5.92 Å². The number of rotatable bonds is 5. The van der Waals surface area contributed by atoms with Crippen molar-refractivity contribution in [3.8, 4) is 11.5 Å². The largest absolute Gasteiger partial charge is 0.490 e. The summed E-state index contributed by atoms with van der Waals surface area (Å²) in [4.78, 5) is 10.7. The molecule has 0 bridgehead atoms. The lowest BCUT2D eigenvalue weighted by Crippen LogP contribution is -2.10. The number of carboxylic acid groups (broad SMARTS) is 1. The number of aliphatic carboxylic acids is 1.